The summed E-state index contributed by atoms with van der Waals surface area (Å²) >= 11 is 0. The molecule has 0 aliphatic heterocycles. The molecule has 2 N–H and O–H groups in total. The zero-order valence-corrected chi connectivity index (χ0v) is 15.9. The third kappa shape index (κ3) is 5.20. The summed E-state index contributed by atoms with van der Waals surface area (Å²) in [5.41, 5.74) is 3.06. The van der Waals surface area contributed by atoms with Gasteiger partial charge in [0.25, 0.3) is 0 Å². The molecule has 0 spiro atoms. The third-order valence-corrected chi connectivity index (χ3v) is 4.94. The first-order valence-electron chi connectivity index (χ1n) is 9.80. The molecule has 0 aliphatic rings. The number of aromatic nitrogens is 1. The van der Waals surface area contributed by atoms with Crippen molar-refractivity contribution in [3.8, 4) is 11.1 Å². The van der Waals surface area contributed by atoms with Crippen molar-refractivity contribution in [1.29, 1.82) is 0 Å². The first kappa shape index (κ1) is 20.2. The molecular formula is C22H30FNO2. The Morgan fingerprint density at radius 2 is 1.73 bits per heavy atom. The van der Waals surface area contributed by atoms with Gasteiger partial charge in [0.05, 0.1) is 0 Å². The number of hydrogen-bond donors (Lipinski definition) is 2. The van der Waals surface area contributed by atoms with Crippen LogP contribution in [0.1, 0.15) is 80.4 Å². The number of aromatic carboxylic acids is 1. The normalized spacial score (nSPS) is 11.0. The van der Waals surface area contributed by atoms with Gasteiger partial charge in [-0.15, -0.1) is 0 Å². The topological polar surface area (TPSA) is 53.1 Å². The summed E-state index contributed by atoms with van der Waals surface area (Å²) in [5.74, 6) is -1.96. The molecule has 0 saturated heterocycles. The van der Waals surface area contributed by atoms with Gasteiger partial charge in [-0.1, -0.05) is 70.6 Å². The van der Waals surface area contributed by atoms with Crippen molar-refractivity contribution >= 4 is 5.97 Å². The molecule has 0 atom stereocenters. The predicted octanol–water partition coefficient (Wildman–Crippen LogP) is 6.37. The van der Waals surface area contributed by atoms with Gasteiger partial charge in [0.15, 0.2) is 11.5 Å². The van der Waals surface area contributed by atoms with Crippen molar-refractivity contribution in [1.82, 2.24) is 4.98 Å². The standard InChI is InChI=1S/C22H30FNO2/c1-3-5-6-7-8-9-10-11-16-12-13-18(17(4-2)14-16)19-15-24-21(20(19)23)22(25)26/h12-15,24H,3-11H2,1-2H3,(H,25,26). The number of carboxylic acids is 1. The van der Waals surface area contributed by atoms with Crippen LogP contribution in [0.5, 0.6) is 0 Å². The Morgan fingerprint density at radius 3 is 2.35 bits per heavy atom. The number of rotatable bonds is 11. The molecule has 4 heteroatoms. The van der Waals surface area contributed by atoms with Gasteiger partial charge in [0.1, 0.15) is 0 Å². The fourth-order valence-corrected chi connectivity index (χ4v) is 3.40. The van der Waals surface area contributed by atoms with Crippen LogP contribution >= 0.6 is 0 Å². The molecule has 0 unspecified atom stereocenters. The molecule has 0 saturated carbocycles. The van der Waals surface area contributed by atoms with Gasteiger partial charge in [-0.25, -0.2) is 9.18 Å². The lowest BCUT2D eigenvalue weighted by Crippen LogP contribution is -1.99. The summed E-state index contributed by atoms with van der Waals surface area (Å²) in [6.07, 6.45) is 12.3. The number of hydrogen-bond acceptors (Lipinski definition) is 1. The van der Waals surface area contributed by atoms with E-state index in [9.17, 15) is 9.18 Å². The highest BCUT2D eigenvalue weighted by Gasteiger charge is 2.19. The third-order valence-electron chi connectivity index (χ3n) is 4.94. The molecule has 0 aliphatic carbocycles. The number of carboxylic acid groups (broad SMARTS) is 1. The van der Waals surface area contributed by atoms with E-state index < -0.39 is 11.8 Å². The summed E-state index contributed by atoms with van der Waals surface area (Å²) < 4.78 is 14.3. The van der Waals surface area contributed by atoms with E-state index in [-0.39, 0.29) is 5.69 Å². The first-order chi connectivity index (χ1) is 12.6. The highest BCUT2D eigenvalue weighted by molar-refractivity contribution is 5.88. The second-order valence-electron chi connectivity index (χ2n) is 6.91. The van der Waals surface area contributed by atoms with Crippen molar-refractivity contribution in [2.75, 3.05) is 0 Å². The van der Waals surface area contributed by atoms with Gasteiger partial charge in [-0.3, -0.25) is 0 Å². The van der Waals surface area contributed by atoms with E-state index in [1.807, 2.05) is 19.1 Å². The van der Waals surface area contributed by atoms with E-state index in [1.54, 1.807) is 0 Å². The van der Waals surface area contributed by atoms with E-state index in [2.05, 4.69) is 18.0 Å². The Bertz CT molecular complexity index is 721. The molecular weight excluding hydrogens is 329 g/mol. The van der Waals surface area contributed by atoms with Gasteiger partial charge in [-0.05, 0) is 36.0 Å². The summed E-state index contributed by atoms with van der Waals surface area (Å²) in [5, 5.41) is 9.01. The van der Waals surface area contributed by atoms with E-state index >= 15 is 0 Å². The average Bonchev–Trinajstić information content (AvgIpc) is 3.02. The number of carbonyl (C=O) groups is 1. The summed E-state index contributed by atoms with van der Waals surface area (Å²) in [6.45, 7) is 4.27. The second-order valence-corrected chi connectivity index (χ2v) is 6.91. The lowest BCUT2D eigenvalue weighted by molar-refractivity contribution is 0.0686. The zero-order chi connectivity index (χ0) is 18.9. The van der Waals surface area contributed by atoms with Crippen LogP contribution in [0.2, 0.25) is 0 Å². The lowest BCUT2D eigenvalue weighted by Gasteiger charge is -2.10. The molecule has 142 valence electrons. The van der Waals surface area contributed by atoms with Crippen LogP contribution in [0, 0.1) is 5.82 Å². The van der Waals surface area contributed by atoms with E-state index in [4.69, 9.17) is 5.11 Å². The van der Waals surface area contributed by atoms with Gasteiger partial charge >= 0.3 is 5.97 Å². The molecule has 0 fully saturated rings. The summed E-state index contributed by atoms with van der Waals surface area (Å²) in [7, 11) is 0. The molecule has 2 aromatic rings. The summed E-state index contributed by atoms with van der Waals surface area (Å²) in [4.78, 5) is 13.6. The highest BCUT2D eigenvalue weighted by Crippen LogP contribution is 2.30. The maximum atomic E-state index is 14.3. The highest BCUT2D eigenvalue weighted by atomic mass is 19.1. The minimum Gasteiger partial charge on any atom is -0.476 e. The van der Waals surface area contributed by atoms with Crippen LogP contribution in [0.25, 0.3) is 11.1 Å². The molecule has 2 rings (SSSR count). The first-order valence-corrected chi connectivity index (χ1v) is 9.80. The fourth-order valence-electron chi connectivity index (χ4n) is 3.40. The number of unbranched alkanes of at least 4 members (excludes halogenated alkanes) is 6. The van der Waals surface area contributed by atoms with Gasteiger partial charge in [0.2, 0.25) is 0 Å². The van der Waals surface area contributed by atoms with E-state index in [0.29, 0.717) is 5.56 Å². The Labute approximate surface area is 155 Å². The number of aromatic amines is 1. The van der Waals surface area contributed by atoms with Crippen molar-refractivity contribution in [3.05, 3.63) is 47.0 Å². The Balaban J connectivity index is 2.00. The van der Waals surface area contributed by atoms with Crippen LogP contribution in [0.4, 0.5) is 4.39 Å². The minimum absolute atomic E-state index is 0.335. The van der Waals surface area contributed by atoms with Crippen molar-refractivity contribution in [2.24, 2.45) is 0 Å². The van der Waals surface area contributed by atoms with Crippen LogP contribution in [0.3, 0.4) is 0 Å². The van der Waals surface area contributed by atoms with Crippen LogP contribution in [-0.2, 0) is 12.8 Å². The average molecular weight is 359 g/mol. The fraction of sp³-hybridized carbons (Fsp3) is 0.500. The lowest BCUT2D eigenvalue weighted by atomic mass is 9.95. The Morgan fingerprint density at radius 1 is 1.04 bits per heavy atom. The number of H-pyrrole nitrogens is 1. The van der Waals surface area contributed by atoms with Crippen molar-refractivity contribution in [2.45, 2.75) is 71.6 Å². The molecule has 0 bridgehead atoms. The van der Waals surface area contributed by atoms with Crippen LogP contribution < -0.4 is 0 Å². The molecule has 1 aromatic heterocycles. The van der Waals surface area contributed by atoms with Crippen LogP contribution in [0.15, 0.2) is 24.4 Å². The number of halogens is 1. The Kier molecular flexibility index (Phi) is 7.89. The maximum absolute atomic E-state index is 14.3. The largest absolute Gasteiger partial charge is 0.476 e. The monoisotopic (exact) mass is 359 g/mol. The van der Waals surface area contributed by atoms with Crippen LogP contribution in [-0.4, -0.2) is 16.1 Å². The molecule has 0 radical (unpaired) electrons. The van der Waals surface area contributed by atoms with Gasteiger partial charge < -0.3 is 10.1 Å². The molecule has 3 nitrogen and oxygen atoms in total. The predicted molar refractivity (Wildman–Crippen MR) is 104 cm³/mol. The van der Waals surface area contributed by atoms with Gasteiger partial charge in [-0.2, -0.15) is 0 Å². The summed E-state index contributed by atoms with van der Waals surface area (Å²) in [6, 6.07) is 6.10. The molecule has 26 heavy (non-hydrogen) atoms. The molecule has 0 amide bonds. The number of benzene rings is 1. The van der Waals surface area contributed by atoms with Crippen molar-refractivity contribution < 1.29 is 14.3 Å². The zero-order valence-electron chi connectivity index (χ0n) is 15.9. The quantitative estimate of drug-likeness (QED) is 0.458. The maximum Gasteiger partial charge on any atom is 0.355 e. The number of nitrogens with one attached hydrogen (secondary N) is 1. The smallest absolute Gasteiger partial charge is 0.355 e. The number of aryl methyl sites for hydroxylation is 2. The van der Waals surface area contributed by atoms with Crippen molar-refractivity contribution in [3.63, 3.8) is 0 Å². The second kappa shape index (κ2) is 10.1. The van der Waals surface area contributed by atoms with Gasteiger partial charge in [0, 0.05) is 11.8 Å². The van der Waals surface area contributed by atoms with E-state index in [1.165, 1.54) is 56.7 Å². The molecule has 1 aromatic carbocycles. The minimum atomic E-state index is -1.28. The SMILES string of the molecule is CCCCCCCCCc1ccc(-c2c[nH]c(C(=O)O)c2F)c(CC)c1. The Hall–Kier alpha value is -2.10. The van der Waals surface area contributed by atoms with E-state index in [0.717, 1.165) is 24.0 Å². The molecule has 1 heterocycles.